The minimum absolute atomic E-state index is 0.207. The van der Waals surface area contributed by atoms with Gasteiger partial charge in [-0.2, -0.15) is 0 Å². The van der Waals surface area contributed by atoms with Gasteiger partial charge in [-0.1, -0.05) is 0 Å². The maximum atomic E-state index is 5.66. The fourth-order valence-corrected chi connectivity index (χ4v) is 1.10. The van der Waals surface area contributed by atoms with Gasteiger partial charge in [0.05, 0.1) is 0 Å². The van der Waals surface area contributed by atoms with Crippen molar-refractivity contribution in [2.45, 2.75) is 51.9 Å². The average Bonchev–Trinajstić information content (AvgIpc) is 2.09. The Morgan fingerprint density at radius 2 is 1.07 bits per heavy atom. The summed E-state index contributed by atoms with van der Waals surface area (Å²) in [6.07, 6.45) is 0. The molecular formula is C10H26N4. The molecule has 4 atom stereocenters. The molecule has 0 radical (unpaired) electrons. The topological polar surface area (TPSA) is 76.1 Å². The third kappa shape index (κ3) is 7.26. The highest BCUT2D eigenvalue weighted by Gasteiger charge is 2.11. The van der Waals surface area contributed by atoms with Crippen LogP contribution in [-0.4, -0.2) is 37.3 Å². The van der Waals surface area contributed by atoms with Gasteiger partial charge in [0.15, 0.2) is 0 Å². The molecule has 0 amide bonds. The van der Waals surface area contributed by atoms with Crippen molar-refractivity contribution in [3.8, 4) is 0 Å². The number of nitrogens with two attached hydrogens (primary N) is 2. The summed E-state index contributed by atoms with van der Waals surface area (Å²) in [4.78, 5) is 0. The molecule has 0 aromatic carbocycles. The molecular weight excluding hydrogens is 176 g/mol. The minimum atomic E-state index is 0.207. The van der Waals surface area contributed by atoms with Gasteiger partial charge in [-0.25, -0.2) is 0 Å². The first kappa shape index (κ1) is 13.8. The van der Waals surface area contributed by atoms with E-state index in [1.165, 1.54) is 0 Å². The van der Waals surface area contributed by atoms with Crippen LogP contribution in [0.15, 0.2) is 0 Å². The SMILES string of the molecule is CC(N)CNC(C)C(C)NCC(C)N. The van der Waals surface area contributed by atoms with E-state index >= 15 is 0 Å². The zero-order valence-electron chi connectivity index (χ0n) is 9.88. The van der Waals surface area contributed by atoms with Crippen molar-refractivity contribution in [1.29, 1.82) is 0 Å². The Kier molecular flexibility index (Phi) is 7.09. The van der Waals surface area contributed by atoms with Crippen LogP contribution in [-0.2, 0) is 0 Å². The smallest absolute Gasteiger partial charge is 0.0190 e. The van der Waals surface area contributed by atoms with E-state index in [1.807, 2.05) is 13.8 Å². The molecule has 4 nitrogen and oxygen atoms in total. The zero-order chi connectivity index (χ0) is 11.1. The summed E-state index contributed by atoms with van der Waals surface area (Å²) < 4.78 is 0. The van der Waals surface area contributed by atoms with Crippen molar-refractivity contribution in [3.63, 3.8) is 0 Å². The second-order valence-electron chi connectivity index (χ2n) is 4.35. The first-order chi connectivity index (χ1) is 6.43. The molecule has 0 bridgehead atoms. The van der Waals surface area contributed by atoms with Crippen LogP contribution < -0.4 is 22.1 Å². The van der Waals surface area contributed by atoms with Crippen molar-refractivity contribution in [2.24, 2.45) is 11.5 Å². The van der Waals surface area contributed by atoms with Crippen molar-refractivity contribution >= 4 is 0 Å². The third-order valence-corrected chi connectivity index (χ3v) is 2.27. The molecule has 0 spiro atoms. The van der Waals surface area contributed by atoms with Crippen molar-refractivity contribution in [1.82, 2.24) is 10.6 Å². The fraction of sp³-hybridized carbons (Fsp3) is 1.00. The largest absolute Gasteiger partial charge is 0.327 e. The van der Waals surface area contributed by atoms with Gasteiger partial charge in [-0.15, -0.1) is 0 Å². The first-order valence-corrected chi connectivity index (χ1v) is 5.41. The molecule has 0 aromatic heterocycles. The summed E-state index contributed by atoms with van der Waals surface area (Å²) in [6.45, 7) is 10.0. The van der Waals surface area contributed by atoms with Gasteiger partial charge in [-0.3, -0.25) is 0 Å². The summed E-state index contributed by atoms with van der Waals surface area (Å²) in [5.41, 5.74) is 11.3. The number of rotatable bonds is 7. The van der Waals surface area contributed by atoms with Crippen LogP contribution in [0.5, 0.6) is 0 Å². The van der Waals surface area contributed by atoms with Gasteiger partial charge in [0, 0.05) is 37.3 Å². The minimum Gasteiger partial charge on any atom is -0.327 e. The lowest BCUT2D eigenvalue weighted by Gasteiger charge is -2.24. The number of hydrogen-bond donors (Lipinski definition) is 4. The molecule has 14 heavy (non-hydrogen) atoms. The van der Waals surface area contributed by atoms with E-state index in [2.05, 4.69) is 24.5 Å². The van der Waals surface area contributed by atoms with Gasteiger partial charge in [0.2, 0.25) is 0 Å². The third-order valence-electron chi connectivity index (χ3n) is 2.27. The molecule has 0 saturated heterocycles. The summed E-state index contributed by atoms with van der Waals surface area (Å²) >= 11 is 0. The summed E-state index contributed by atoms with van der Waals surface area (Å²) in [5, 5.41) is 6.75. The van der Waals surface area contributed by atoms with Crippen molar-refractivity contribution in [2.75, 3.05) is 13.1 Å². The first-order valence-electron chi connectivity index (χ1n) is 5.41. The van der Waals surface area contributed by atoms with E-state index < -0.39 is 0 Å². The van der Waals surface area contributed by atoms with E-state index in [9.17, 15) is 0 Å². The predicted molar refractivity (Wildman–Crippen MR) is 62.2 cm³/mol. The van der Waals surface area contributed by atoms with Crippen LogP contribution >= 0.6 is 0 Å². The molecule has 0 rings (SSSR count). The molecule has 0 heterocycles. The molecule has 4 heteroatoms. The van der Waals surface area contributed by atoms with E-state index in [0.717, 1.165) is 13.1 Å². The average molecular weight is 202 g/mol. The molecule has 0 saturated carbocycles. The molecule has 0 aliphatic heterocycles. The van der Waals surface area contributed by atoms with Gasteiger partial charge in [-0.05, 0) is 27.7 Å². The monoisotopic (exact) mass is 202 g/mol. The lowest BCUT2D eigenvalue weighted by atomic mass is 10.1. The van der Waals surface area contributed by atoms with Gasteiger partial charge in [0.25, 0.3) is 0 Å². The Morgan fingerprint density at radius 3 is 1.29 bits per heavy atom. The molecule has 4 unspecified atom stereocenters. The van der Waals surface area contributed by atoms with Crippen molar-refractivity contribution in [3.05, 3.63) is 0 Å². The van der Waals surface area contributed by atoms with Crippen LogP contribution in [0.2, 0.25) is 0 Å². The summed E-state index contributed by atoms with van der Waals surface area (Å²) in [5.74, 6) is 0. The van der Waals surface area contributed by atoms with Crippen LogP contribution in [0.25, 0.3) is 0 Å². The molecule has 0 aliphatic carbocycles. The highest BCUT2D eigenvalue weighted by molar-refractivity contribution is 4.76. The molecule has 0 fully saturated rings. The predicted octanol–water partition coefficient (Wildman–Crippen LogP) is -0.363. The Balaban J connectivity index is 3.59. The molecule has 86 valence electrons. The van der Waals surface area contributed by atoms with E-state index in [0.29, 0.717) is 12.1 Å². The van der Waals surface area contributed by atoms with Gasteiger partial charge < -0.3 is 22.1 Å². The van der Waals surface area contributed by atoms with E-state index in [4.69, 9.17) is 11.5 Å². The summed E-state index contributed by atoms with van der Waals surface area (Å²) in [6, 6.07) is 1.25. The van der Waals surface area contributed by atoms with E-state index in [1.54, 1.807) is 0 Å². The van der Waals surface area contributed by atoms with Gasteiger partial charge >= 0.3 is 0 Å². The standard InChI is InChI=1S/C10H26N4/c1-7(11)5-13-9(3)10(4)14-6-8(2)12/h7-10,13-14H,5-6,11-12H2,1-4H3. The lowest BCUT2D eigenvalue weighted by Crippen LogP contribution is -2.49. The van der Waals surface area contributed by atoms with Gasteiger partial charge in [0.1, 0.15) is 0 Å². The second-order valence-corrected chi connectivity index (χ2v) is 4.35. The highest BCUT2D eigenvalue weighted by Crippen LogP contribution is 1.91. The van der Waals surface area contributed by atoms with E-state index in [-0.39, 0.29) is 12.1 Å². The molecule has 0 aliphatic rings. The highest BCUT2D eigenvalue weighted by atomic mass is 15.0. The van der Waals surface area contributed by atoms with Crippen molar-refractivity contribution < 1.29 is 0 Å². The Bertz CT molecular complexity index is 120. The lowest BCUT2D eigenvalue weighted by molar-refractivity contribution is 0.394. The fourth-order valence-electron chi connectivity index (χ4n) is 1.10. The maximum Gasteiger partial charge on any atom is 0.0190 e. The van der Waals surface area contributed by atoms with Crippen LogP contribution in [0.3, 0.4) is 0 Å². The Morgan fingerprint density at radius 1 is 0.786 bits per heavy atom. The van der Waals surface area contributed by atoms with Crippen LogP contribution in [0.4, 0.5) is 0 Å². The Labute approximate surface area is 87.8 Å². The normalized spacial score (nSPS) is 20.1. The van der Waals surface area contributed by atoms with Crippen LogP contribution in [0, 0.1) is 0 Å². The number of nitrogens with one attached hydrogen (secondary N) is 2. The quantitative estimate of drug-likeness (QED) is 0.455. The summed E-state index contributed by atoms with van der Waals surface area (Å²) in [7, 11) is 0. The Hall–Kier alpha value is -0.160. The second kappa shape index (κ2) is 7.17. The number of hydrogen-bond acceptors (Lipinski definition) is 4. The molecule has 0 aromatic rings. The van der Waals surface area contributed by atoms with Crippen LogP contribution in [0.1, 0.15) is 27.7 Å². The maximum absolute atomic E-state index is 5.66. The zero-order valence-corrected chi connectivity index (χ0v) is 9.88. The molecule has 6 N–H and O–H groups in total.